The molecule has 0 aliphatic carbocycles. The molecular weight excluding hydrogens is 328 g/mol. The molecule has 25 heavy (non-hydrogen) atoms. The zero-order valence-corrected chi connectivity index (χ0v) is 15.9. The van der Waals surface area contributed by atoms with Gasteiger partial charge in [-0.3, -0.25) is 4.79 Å². The van der Waals surface area contributed by atoms with Gasteiger partial charge < -0.3 is 10.2 Å². The third kappa shape index (κ3) is 5.16. The number of likely N-dealkylation sites (tertiary alicyclic amines) is 1. The summed E-state index contributed by atoms with van der Waals surface area (Å²) in [5.74, 6) is 0.768. The highest BCUT2D eigenvalue weighted by Crippen LogP contribution is 2.30. The molecule has 1 fully saturated rings. The summed E-state index contributed by atoms with van der Waals surface area (Å²) < 4.78 is 0. The Kier molecular flexibility index (Phi) is 6.65. The average molecular weight is 357 g/mol. The van der Waals surface area contributed by atoms with E-state index in [1.807, 2.05) is 23.5 Å². The number of nitrogens with zero attached hydrogens (tertiary/aromatic N) is 1. The number of hydrogen-bond donors (Lipinski definition) is 1. The number of rotatable bonds is 7. The SMILES string of the molecule is CCCc1ccc(C(=O)NCCN2CCC(c3cccs3)CC2)cc1. The molecule has 0 bridgehead atoms. The number of nitrogens with one attached hydrogen (secondary N) is 1. The molecule has 1 aromatic heterocycles. The van der Waals surface area contributed by atoms with Crippen LogP contribution in [0, 0.1) is 0 Å². The Morgan fingerprint density at radius 3 is 2.60 bits per heavy atom. The Labute approximate surface area is 155 Å². The normalized spacial score (nSPS) is 16.0. The van der Waals surface area contributed by atoms with Crippen molar-refractivity contribution in [1.82, 2.24) is 10.2 Å². The minimum atomic E-state index is 0.0384. The molecule has 0 radical (unpaired) electrons. The van der Waals surface area contributed by atoms with Crippen LogP contribution in [-0.2, 0) is 6.42 Å². The van der Waals surface area contributed by atoms with Gasteiger partial charge in [0.25, 0.3) is 5.91 Å². The summed E-state index contributed by atoms with van der Waals surface area (Å²) in [6.45, 7) is 6.09. The van der Waals surface area contributed by atoms with Crippen LogP contribution >= 0.6 is 11.3 Å². The van der Waals surface area contributed by atoms with Crippen molar-refractivity contribution < 1.29 is 4.79 Å². The van der Waals surface area contributed by atoms with E-state index in [0.717, 1.165) is 50.5 Å². The quantitative estimate of drug-likeness (QED) is 0.802. The van der Waals surface area contributed by atoms with Crippen molar-refractivity contribution in [2.24, 2.45) is 0 Å². The Balaban J connectivity index is 1.37. The fourth-order valence-electron chi connectivity index (χ4n) is 3.51. The van der Waals surface area contributed by atoms with E-state index < -0.39 is 0 Å². The first-order valence-electron chi connectivity index (χ1n) is 9.39. The summed E-state index contributed by atoms with van der Waals surface area (Å²) in [6.07, 6.45) is 4.67. The Hall–Kier alpha value is -1.65. The molecule has 1 aromatic carbocycles. The molecule has 1 saturated heterocycles. The number of aryl methyl sites for hydroxylation is 1. The van der Waals surface area contributed by atoms with Crippen molar-refractivity contribution in [1.29, 1.82) is 0 Å². The molecule has 1 aliphatic rings. The molecule has 1 aliphatic heterocycles. The highest BCUT2D eigenvalue weighted by molar-refractivity contribution is 7.10. The molecule has 0 saturated carbocycles. The highest BCUT2D eigenvalue weighted by atomic mass is 32.1. The van der Waals surface area contributed by atoms with Crippen LogP contribution < -0.4 is 5.32 Å². The number of carbonyl (C=O) groups is 1. The lowest BCUT2D eigenvalue weighted by Gasteiger charge is -2.31. The van der Waals surface area contributed by atoms with Crippen LogP contribution in [-0.4, -0.2) is 37.0 Å². The van der Waals surface area contributed by atoms with E-state index in [1.165, 1.54) is 23.3 Å². The van der Waals surface area contributed by atoms with Gasteiger partial charge in [-0.25, -0.2) is 0 Å². The second-order valence-electron chi connectivity index (χ2n) is 6.83. The maximum absolute atomic E-state index is 12.2. The Morgan fingerprint density at radius 1 is 1.20 bits per heavy atom. The second-order valence-corrected chi connectivity index (χ2v) is 7.81. The van der Waals surface area contributed by atoms with Gasteiger partial charge in [-0.2, -0.15) is 0 Å². The summed E-state index contributed by atoms with van der Waals surface area (Å²) in [5, 5.41) is 5.23. The zero-order valence-electron chi connectivity index (χ0n) is 15.0. The molecule has 4 heteroatoms. The summed E-state index contributed by atoms with van der Waals surface area (Å²) in [7, 11) is 0. The molecule has 0 atom stereocenters. The second kappa shape index (κ2) is 9.16. The lowest BCUT2D eigenvalue weighted by molar-refractivity contribution is 0.0946. The monoisotopic (exact) mass is 356 g/mol. The minimum Gasteiger partial charge on any atom is -0.351 e. The first-order valence-corrected chi connectivity index (χ1v) is 10.3. The topological polar surface area (TPSA) is 32.3 Å². The van der Waals surface area contributed by atoms with Crippen molar-refractivity contribution in [3.8, 4) is 0 Å². The first kappa shape index (κ1) is 18.2. The van der Waals surface area contributed by atoms with Crippen LogP contribution in [0.1, 0.15) is 52.9 Å². The standard InChI is InChI=1S/C21H28N2OS/c1-2-4-17-6-8-19(9-7-17)21(24)22-12-15-23-13-10-18(11-14-23)20-5-3-16-25-20/h3,5-9,16,18H,2,4,10-15H2,1H3,(H,22,24). The maximum atomic E-state index is 12.2. The predicted molar refractivity (Wildman–Crippen MR) is 106 cm³/mol. The Bertz CT molecular complexity index is 643. The predicted octanol–water partition coefficient (Wildman–Crippen LogP) is 4.31. The third-order valence-electron chi connectivity index (χ3n) is 5.00. The molecule has 0 spiro atoms. The number of carbonyl (C=O) groups excluding carboxylic acids is 1. The zero-order chi connectivity index (χ0) is 17.5. The molecule has 134 valence electrons. The number of piperidine rings is 1. The van der Waals surface area contributed by atoms with Crippen LogP contribution in [0.15, 0.2) is 41.8 Å². The largest absolute Gasteiger partial charge is 0.351 e. The van der Waals surface area contributed by atoms with Gasteiger partial charge in [-0.05, 0) is 67.4 Å². The maximum Gasteiger partial charge on any atom is 0.251 e. The van der Waals surface area contributed by atoms with Gasteiger partial charge in [0.15, 0.2) is 0 Å². The molecule has 2 aromatic rings. The molecule has 0 unspecified atom stereocenters. The summed E-state index contributed by atoms with van der Waals surface area (Å²) in [4.78, 5) is 16.2. The number of thiophene rings is 1. The average Bonchev–Trinajstić information content (AvgIpc) is 3.18. The van der Waals surface area contributed by atoms with Crippen molar-refractivity contribution in [2.45, 2.75) is 38.5 Å². The van der Waals surface area contributed by atoms with Crippen molar-refractivity contribution in [3.05, 3.63) is 57.8 Å². The molecular formula is C21H28N2OS. The van der Waals surface area contributed by atoms with E-state index in [2.05, 4.69) is 46.8 Å². The van der Waals surface area contributed by atoms with Gasteiger partial charge in [0, 0.05) is 23.5 Å². The van der Waals surface area contributed by atoms with E-state index in [0.29, 0.717) is 0 Å². The van der Waals surface area contributed by atoms with Crippen molar-refractivity contribution in [3.63, 3.8) is 0 Å². The fourth-order valence-corrected chi connectivity index (χ4v) is 4.41. The minimum absolute atomic E-state index is 0.0384. The van der Waals surface area contributed by atoms with E-state index in [9.17, 15) is 4.79 Å². The van der Waals surface area contributed by atoms with E-state index in [-0.39, 0.29) is 5.91 Å². The Morgan fingerprint density at radius 2 is 1.96 bits per heavy atom. The van der Waals surface area contributed by atoms with Crippen LogP contribution in [0.25, 0.3) is 0 Å². The van der Waals surface area contributed by atoms with Gasteiger partial charge in [-0.15, -0.1) is 11.3 Å². The number of amides is 1. The van der Waals surface area contributed by atoms with Crippen LogP contribution in [0.5, 0.6) is 0 Å². The fraction of sp³-hybridized carbons (Fsp3) is 0.476. The molecule has 2 heterocycles. The molecule has 3 rings (SSSR count). The van der Waals surface area contributed by atoms with Gasteiger partial charge >= 0.3 is 0 Å². The summed E-state index contributed by atoms with van der Waals surface area (Å²) in [6, 6.07) is 12.4. The highest BCUT2D eigenvalue weighted by Gasteiger charge is 2.20. The van der Waals surface area contributed by atoms with E-state index in [1.54, 1.807) is 0 Å². The van der Waals surface area contributed by atoms with Gasteiger partial charge in [0.05, 0.1) is 0 Å². The number of benzene rings is 1. The van der Waals surface area contributed by atoms with Crippen molar-refractivity contribution >= 4 is 17.2 Å². The van der Waals surface area contributed by atoms with Crippen LogP contribution in [0.4, 0.5) is 0 Å². The van der Waals surface area contributed by atoms with E-state index >= 15 is 0 Å². The summed E-state index contributed by atoms with van der Waals surface area (Å²) >= 11 is 1.88. The number of hydrogen-bond acceptors (Lipinski definition) is 3. The molecule has 3 nitrogen and oxygen atoms in total. The van der Waals surface area contributed by atoms with Crippen LogP contribution in [0.3, 0.4) is 0 Å². The molecule has 1 N–H and O–H groups in total. The first-order chi connectivity index (χ1) is 12.3. The third-order valence-corrected chi connectivity index (χ3v) is 6.04. The van der Waals surface area contributed by atoms with Gasteiger partial charge in [-0.1, -0.05) is 31.5 Å². The van der Waals surface area contributed by atoms with Gasteiger partial charge in [0.2, 0.25) is 0 Å². The lowest BCUT2D eigenvalue weighted by atomic mass is 9.95. The van der Waals surface area contributed by atoms with Crippen LogP contribution in [0.2, 0.25) is 0 Å². The smallest absolute Gasteiger partial charge is 0.251 e. The lowest BCUT2D eigenvalue weighted by Crippen LogP contribution is -2.39. The molecule has 1 amide bonds. The van der Waals surface area contributed by atoms with Gasteiger partial charge in [0.1, 0.15) is 0 Å². The van der Waals surface area contributed by atoms with E-state index in [4.69, 9.17) is 0 Å². The summed E-state index contributed by atoms with van der Waals surface area (Å²) in [5.41, 5.74) is 2.06. The van der Waals surface area contributed by atoms with Crippen molar-refractivity contribution in [2.75, 3.05) is 26.2 Å².